The lowest BCUT2D eigenvalue weighted by molar-refractivity contribution is 0.585. The Morgan fingerprint density at radius 1 is 1.44 bits per heavy atom. The van der Waals surface area contributed by atoms with Gasteiger partial charge in [-0.3, -0.25) is 0 Å². The van der Waals surface area contributed by atoms with E-state index >= 15 is 0 Å². The molecular formula is C11H13F2N3. The summed E-state index contributed by atoms with van der Waals surface area (Å²) in [5, 5.41) is 2.47. The molecule has 0 amide bonds. The highest BCUT2D eigenvalue weighted by atomic mass is 19.1. The molecular weight excluding hydrogens is 212 g/mol. The maximum Gasteiger partial charge on any atom is 0.193 e. The van der Waals surface area contributed by atoms with E-state index in [2.05, 4.69) is 10.3 Å². The minimum absolute atomic E-state index is 0.0610. The zero-order valence-electron chi connectivity index (χ0n) is 8.93. The molecule has 1 aromatic rings. The normalized spacial score (nSPS) is 16.3. The van der Waals surface area contributed by atoms with E-state index in [1.54, 1.807) is 6.92 Å². The monoisotopic (exact) mass is 225 g/mol. The van der Waals surface area contributed by atoms with Gasteiger partial charge in [0, 0.05) is 0 Å². The van der Waals surface area contributed by atoms with Crippen molar-refractivity contribution in [1.29, 1.82) is 0 Å². The van der Waals surface area contributed by atoms with Gasteiger partial charge in [-0.2, -0.15) is 0 Å². The number of nitrogens with zero attached hydrogens (tertiary/aromatic N) is 1. The number of rotatable bonds is 2. The van der Waals surface area contributed by atoms with Gasteiger partial charge in [0.25, 0.3) is 0 Å². The lowest BCUT2D eigenvalue weighted by Crippen LogP contribution is -2.24. The maximum absolute atomic E-state index is 13.6. The second-order valence-electron chi connectivity index (χ2n) is 3.92. The summed E-state index contributed by atoms with van der Waals surface area (Å²) >= 11 is 0. The molecule has 86 valence electrons. The number of nitrogens with one attached hydrogen (secondary N) is 1. The number of aryl methyl sites for hydroxylation is 1. The van der Waals surface area contributed by atoms with Crippen LogP contribution in [-0.2, 0) is 0 Å². The van der Waals surface area contributed by atoms with Crippen LogP contribution in [0.15, 0.2) is 17.1 Å². The summed E-state index contributed by atoms with van der Waals surface area (Å²) in [4.78, 5) is 4.05. The summed E-state index contributed by atoms with van der Waals surface area (Å²) < 4.78 is 26.9. The molecule has 0 spiro atoms. The summed E-state index contributed by atoms with van der Waals surface area (Å²) in [5.41, 5.74) is 5.67. The summed E-state index contributed by atoms with van der Waals surface area (Å²) in [6.07, 6.45) is 1.97. The molecule has 0 bridgehead atoms. The van der Waals surface area contributed by atoms with Crippen molar-refractivity contribution in [3.63, 3.8) is 0 Å². The van der Waals surface area contributed by atoms with Crippen LogP contribution in [-0.4, -0.2) is 12.0 Å². The van der Waals surface area contributed by atoms with Crippen molar-refractivity contribution in [1.82, 2.24) is 0 Å². The van der Waals surface area contributed by atoms with Crippen molar-refractivity contribution >= 4 is 11.6 Å². The fourth-order valence-corrected chi connectivity index (χ4v) is 1.33. The van der Waals surface area contributed by atoms with Gasteiger partial charge >= 0.3 is 0 Å². The fourth-order valence-electron chi connectivity index (χ4n) is 1.33. The topological polar surface area (TPSA) is 50.4 Å². The third kappa shape index (κ3) is 2.29. The molecule has 1 aliphatic rings. The standard InChI is InChI=1S/C11H13F2N3/c1-6-2-5-8(12)10(9(6)13)16-11(14)15-7-3-4-7/h2,5,7H,3-4H2,1H3,(H3,14,15,16). The number of benzene rings is 1. The molecule has 1 fully saturated rings. The Hall–Kier alpha value is -1.65. The zero-order chi connectivity index (χ0) is 11.7. The zero-order valence-corrected chi connectivity index (χ0v) is 8.93. The molecule has 1 saturated carbocycles. The number of nitrogens with two attached hydrogens (primary N) is 1. The minimum atomic E-state index is -0.669. The third-order valence-corrected chi connectivity index (χ3v) is 2.41. The molecule has 0 atom stereocenters. The first-order chi connectivity index (χ1) is 7.58. The van der Waals surface area contributed by atoms with Crippen LogP contribution in [0.3, 0.4) is 0 Å². The molecule has 3 N–H and O–H groups in total. The smallest absolute Gasteiger partial charge is 0.193 e. The average molecular weight is 225 g/mol. The average Bonchev–Trinajstić information content (AvgIpc) is 3.02. The van der Waals surface area contributed by atoms with E-state index in [1.807, 2.05) is 0 Å². The van der Waals surface area contributed by atoms with Crippen molar-refractivity contribution in [2.24, 2.45) is 10.7 Å². The van der Waals surface area contributed by atoms with Crippen molar-refractivity contribution in [2.75, 3.05) is 5.32 Å². The lowest BCUT2D eigenvalue weighted by atomic mass is 10.2. The van der Waals surface area contributed by atoms with Gasteiger partial charge in [-0.15, -0.1) is 0 Å². The second-order valence-corrected chi connectivity index (χ2v) is 3.92. The number of hydrogen-bond acceptors (Lipinski definition) is 1. The Morgan fingerprint density at radius 3 is 2.75 bits per heavy atom. The predicted octanol–water partition coefficient (Wildman–Crippen LogP) is 2.16. The van der Waals surface area contributed by atoms with E-state index < -0.39 is 11.6 Å². The molecule has 0 aliphatic heterocycles. The van der Waals surface area contributed by atoms with E-state index in [9.17, 15) is 8.78 Å². The van der Waals surface area contributed by atoms with Gasteiger partial charge in [-0.25, -0.2) is 13.8 Å². The molecule has 0 unspecified atom stereocenters. The van der Waals surface area contributed by atoms with Crippen molar-refractivity contribution in [3.8, 4) is 0 Å². The molecule has 16 heavy (non-hydrogen) atoms. The Labute approximate surface area is 92.4 Å². The Kier molecular flexibility index (Phi) is 2.77. The van der Waals surface area contributed by atoms with Gasteiger partial charge < -0.3 is 11.1 Å². The molecule has 3 nitrogen and oxygen atoms in total. The van der Waals surface area contributed by atoms with E-state index in [0.717, 1.165) is 12.8 Å². The van der Waals surface area contributed by atoms with E-state index in [-0.39, 0.29) is 17.7 Å². The summed E-state index contributed by atoms with van der Waals surface area (Å²) in [6.45, 7) is 1.56. The van der Waals surface area contributed by atoms with Crippen LogP contribution in [0.25, 0.3) is 0 Å². The van der Waals surface area contributed by atoms with Crippen LogP contribution >= 0.6 is 0 Å². The van der Waals surface area contributed by atoms with E-state index in [4.69, 9.17) is 5.73 Å². The number of halogens is 2. The third-order valence-electron chi connectivity index (χ3n) is 2.41. The SMILES string of the molecule is Cc1ccc(F)c(NC(N)=NC2CC2)c1F. The summed E-state index contributed by atoms with van der Waals surface area (Å²) in [5.74, 6) is -1.24. The quantitative estimate of drug-likeness (QED) is 0.598. The lowest BCUT2D eigenvalue weighted by Gasteiger charge is -2.09. The molecule has 2 rings (SSSR count). The molecule has 5 heteroatoms. The second kappa shape index (κ2) is 4.08. The number of guanidine groups is 1. The first-order valence-electron chi connectivity index (χ1n) is 5.13. The number of hydrogen-bond donors (Lipinski definition) is 2. The first-order valence-corrected chi connectivity index (χ1v) is 5.13. The number of anilines is 1. The van der Waals surface area contributed by atoms with Crippen molar-refractivity contribution in [3.05, 3.63) is 29.3 Å². The fraction of sp³-hybridized carbons (Fsp3) is 0.364. The van der Waals surface area contributed by atoms with Crippen molar-refractivity contribution in [2.45, 2.75) is 25.8 Å². The largest absolute Gasteiger partial charge is 0.370 e. The molecule has 0 aromatic heterocycles. The first kappa shape index (κ1) is 10.9. The molecule has 0 radical (unpaired) electrons. The predicted molar refractivity (Wildman–Crippen MR) is 59.4 cm³/mol. The van der Waals surface area contributed by atoms with Gasteiger partial charge in [-0.1, -0.05) is 6.07 Å². The van der Waals surface area contributed by atoms with Gasteiger partial charge in [0.15, 0.2) is 11.8 Å². The van der Waals surface area contributed by atoms with Crippen LogP contribution in [0.2, 0.25) is 0 Å². The number of aliphatic imine (C=N–C) groups is 1. The van der Waals surface area contributed by atoms with Gasteiger partial charge in [0.1, 0.15) is 11.5 Å². The van der Waals surface area contributed by atoms with Gasteiger partial charge in [0.2, 0.25) is 0 Å². The van der Waals surface area contributed by atoms with Gasteiger partial charge in [0.05, 0.1) is 6.04 Å². The molecule has 0 saturated heterocycles. The van der Waals surface area contributed by atoms with Crippen LogP contribution in [0.5, 0.6) is 0 Å². The molecule has 0 heterocycles. The maximum atomic E-state index is 13.6. The molecule has 1 aliphatic carbocycles. The Bertz CT molecular complexity index is 439. The minimum Gasteiger partial charge on any atom is -0.370 e. The highest BCUT2D eigenvalue weighted by Gasteiger charge is 2.21. The van der Waals surface area contributed by atoms with E-state index in [0.29, 0.717) is 5.56 Å². The van der Waals surface area contributed by atoms with Crippen LogP contribution in [0.1, 0.15) is 18.4 Å². The van der Waals surface area contributed by atoms with Crippen LogP contribution in [0, 0.1) is 18.6 Å². The van der Waals surface area contributed by atoms with E-state index in [1.165, 1.54) is 12.1 Å². The summed E-state index contributed by atoms with van der Waals surface area (Å²) in [6, 6.07) is 2.79. The summed E-state index contributed by atoms with van der Waals surface area (Å²) in [7, 11) is 0. The van der Waals surface area contributed by atoms with Crippen LogP contribution in [0.4, 0.5) is 14.5 Å². The van der Waals surface area contributed by atoms with Crippen LogP contribution < -0.4 is 11.1 Å². The Balaban J connectivity index is 2.22. The van der Waals surface area contributed by atoms with Gasteiger partial charge in [-0.05, 0) is 31.4 Å². The molecule has 1 aromatic carbocycles. The highest BCUT2D eigenvalue weighted by Crippen LogP contribution is 2.24. The highest BCUT2D eigenvalue weighted by molar-refractivity contribution is 5.92. The Morgan fingerprint density at radius 2 is 2.12 bits per heavy atom. The van der Waals surface area contributed by atoms with Crippen molar-refractivity contribution < 1.29 is 8.78 Å².